The van der Waals surface area contributed by atoms with E-state index in [1.165, 1.54) is 18.5 Å². The van der Waals surface area contributed by atoms with Crippen molar-refractivity contribution in [1.29, 1.82) is 0 Å². The lowest BCUT2D eigenvalue weighted by Gasteiger charge is -1.96. The average Bonchev–Trinajstić information content (AvgIpc) is 2.06. The molecule has 0 aromatic carbocycles. The molecule has 4 heteroatoms. The molecule has 0 spiro atoms. The Balaban J connectivity index is 2.65. The van der Waals surface area contributed by atoms with Crippen LogP contribution in [0.25, 0.3) is 0 Å². The van der Waals surface area contributed by atoms with Crippen molar-refractivity contribution < 1.29 is 9.53 Å². The third-order valence-corrected chi connectivity index (χ3v) is 0.942. The quantitative estimate of drug-likeness (QED) is 0.456. The molecule has 0 radical (unpaired) electrons. The predicted molar refractivity (Wildman–Crippen MR) is 37.9 cm³/mol. The molecule has 0 saturated heterocycles. The summed E-state index contributed by atoms with van der Waals surface area (Å²) in [5, 5.41) is 7.02. The predicted octanol–water partition coefficient (Wildman–Crippen LogP) is 0.568. The van der Waals surface area contributed by atoms with Crippen molar-refractivity contribution >= 4 is 5.97 Å². The zero-order chi connectivity index (χ0) is 8.10. The Hall–Kier alpha value is -1.71. The van der Waals surface area contributed by atoms with Crippen LogP contribution in [0.4, 0.5) is 0 Å². The third-order valence-electron chi connectivity index (χ3n) is 0.942. The van der Waals surface area contributed by atoms with Gasteiger partial charge >= 0.3 is 5.97 Å². The largest absolute Gasteiger partial charge is 0.422 e. The van der Waals surface area contributed by atoms with Crippen LogP contribution in [0.2, 0.25) is 0 Å². The van der Waals surface area contributed by atoms with E-state index in [0.29, 0.717) is 5.75 Å². The molecule has 0 aliphatic rings. The van der Waals surface area contributed by atoms with E-state index in [-0.39, 0.29) is 0 Å². The highest BCUT2D eigenvalue weighted by Gasteiger charge is 1.97. The van der Waals surface area contributed by atoms with Gasteiger partial charge in [-0.1, -0.05) is 6.58 Å². The molecule has 56 valence electrons. The minimum absolute atomic E-state index is 0.366. The fourth-order valence-corrected chi connectivity index (χ4v) is 0.497. The van der Waals surface area contributed by atoms with Gasteiger partial charge < -0.3 is 4.74 Å². The highest BCUT2D eigenvalue weighted by Crippen LogP contribution is 2.04. The van der Waals surface area contributed by atoms with Crippen LogP contribution in [0, 0.1) is 0 Å². The monoisotopic (exact) mass is 150 g/mol. The van der Waals surface area contributed by atoms with E-state index in [9.17, 15) is 4.79 Å². The Morgan fingerprint density at radius 1 is 1.64 bits per heavy atom. The van der Waals surface area contributed by atoms with E-state index >= 15 is 0 Å². The van der Waals surface area contributed by atoms with E-state index in [4.69, 9.17) is 4.74 Å². The van der Waals surface area contributed by atoms with Gasteiger partial charge in [0.15, 0.2) is 5.75 Å². The van der Waals surface area contributed by atoms with E-state index < -0.39 is 5.97 Å². The van der Waals surface area contributed by atoms with Crippen molar-refractivity contribution in [2.24, 2.45) is 0 Å². The number of carbonyl (C=O) groups is 1. The van der Waals surface area contributed by atoms with Gasteiger partial charge in [0.2, 0.25) is 0 Å². The molecule has 0 aliphatic heterocycles. The molecule has 1 aromatic rings. The summed E-state index contributed by atoms with van der Waals surface area (Å²) in [6.07, 6.45) is 3.87. The second kappa shape index (κ2) is 3.46. The van der Waals surface area contributed by atoms with Gasteiger partial charge in [-0.15, -0.1) is 0 Å². The molecule has 0 atom stereocenters. The smallest absolute Gasteiger partial charge is 0.335 e. The minimum Gasteiger partial charge on any atom is -0.422 e. The number of esters is 1. The summed E-state index contributed by atoms with van der Waals surface area (Å²) >= 11 is 0. The lowest BCUT2D eigenvalue weighted by molar-refractivity contribution is -0.128. The zero-order valence-electron chi connectivity index (χ0n) is 5.73. The number of hydrogen-bond acceptors (Lipinski definition) is 4. The molecule has 0 aliphatic carbocycles. The number of carbonyl (C=O) groups excluding carboxylic acids is 1. The van der Waals surface area contributed by atoms with Crippen LogP contribution in [0.15, 0.2) is 31.1 Å². The normalized spacial score (nSPS) is 8.73. The van der Waals surface area contributed by atoms with Crippen LogP contribution in [-0.2, 0) is 4.79 Å². The van der Waals surface area contributed by atoms with Crippen molar-refractivity contribution in [2.75, 3.05) is 0 Å². The van der Waals surface area contributed by atoms with Crippen LogP contribution in [0.1, 0.15) is 0 Å². The molecule has 0 fully saturated rings. The maximum Gasteiger partial charge on any atom is 0.335 e. The fraction of sp³-hybridized carbons (Fsp3) is 0. The second-order valence-electron chi connectivity index (χ2n) is 1.70. The first-order valence-corrected chi connectivity index (χ1v) is 2.94. The molecule has 0 N–H and O–H groups in total. The van der Waals surface area contributed by atoms with Crippen LogP contribution in [0.5, 0.6) is 5.75 Å². The third kappa shape index (κ3) is 2.17. The van der Waals surface area contributed by atoms with Crippen LogP contribution in [0.3, 0.4) is 0 Å². The fourth-order valence-electron chi connectivity index (χ4n) is 0.497. The van der Waals surface area contributed by atoms with Crippen molar-refractivity contribution in [2.45, 2.75) is 0 Å². The molecule has 0 amide bonds. The standard InChI is InChI=1S/C7H6N2O2/c1-2-7(10)11-6-3-4-8-9-5-6/h2-5H,1H2. The SMILES string of the molecule is C=CC(=O)Oc1ccnnc1. The molecule has 0 unspecified atom stereocenters. The van der Waals surface area contributed by atoms with Crippen LogP contribution >= 0.6 is 0 Å². The lowest BCUT2D eigenvalue weighted by Crippen LogP contribution is -2.03. The molecule has 1 heterocycles. The Kier molecular flexibility index (Phi) is 2.32. The van der Waals surface area contributed by atoms with E-state index in [0.717, 1.165) is 6.08 Å². The van der Waals surface area contributed by atoms with E-state index in [2.05, 4.69) is 16.8 Å². The average molecular weight is 150 g/mol. The van der Waals surface area contributed by atoms with E-state index in [1.807, 2.05) is 0 Å². The Labute approximate surface area is 63.5 Å². The van der Waals surface area contributed by atoms with Gasteiger partial charge in [-0.05, 0) is 0 Å². The summed E-state index contributed by atoms with van der Waals surface area (Å²) in [7, 11) is 0. The van der Waals surface area contributed by atoms with Gasteiger partial charge in [-0.25, -0.2) is 4.79 Å². The summed E-state index contributed by atoms with van der Waals surface area (Å²) in [5.74, 6) is -0.136. The van der Waals surface area contributed by atoms with Crippen LogP contribution < -0.4 is 4.74 Å². The molecule has 1 rings (SSSR count). The molecular weight excluding hydrogens is 144 g/mol. The summed E-state index contributed by atoms with van der Waals surface area (Å²) in [5.41, 5.74) is 0. The molecule has 11 heavy (non-hydrogen) atoms. The topological polar surface area (TPSA) is 52.1 Å². The molecule has 1 aromatic heterocycles. The maximum absolute atomic E-state index is 10.6. The lowest BCUT2D eigenvalue weighted by atomic mass is 10.5. The highest BCUT2D eigenvalue weighted by molar-refractivity contribution is 5.83. The van der Waals surface area contributed by atoms with Crippen molar-refractivity contribution in [1.82, 2.24) is 10.2 Å². The molecule has 4 nitrogen and oxygen atoms in total. The van der Waals surface area contributed by atoms with Gasteiger partial charge in [-0.3, -0.25) is 0 Å². The highest BCUT2D eigenvalue weighted by atomic mass is 16.5. The Morgan fingerprint density at radius 3 is 3.00 bits per heavy atom. The first kappa shape index (κ1) is 7.40. The zero-order valence-corrected chi connectivity index (χ0v) is 5.73. The maximum atomic E-state index is 10.6. The number of aromatic nitrogens is 2. The summed E-state index contributed by atoms with van der Waals surface area (Å²) in [4.78, 5) is 10.6. The van der Waals surface area contributed by atoms with Crippen LogP contribution in [-0.4, -0.2) is 16.2 Å². The molecule has 0 saturated carbocycles. The molecular formula is C7H6N2O2. The Morgan fingerprint density at radius 2 is 2.45 bits per heavy atom. The van der Waals surface area contributed by atoms with Gasteiger partial charge in [-0.2, -0.15) is 10.2 Å². The number of ether oxygens (including phenoxy) is 1. The Bertz CT molecular complexity index is 258. The number of hydrogen-bond donors (Lipinski definition) is 0. The van der Waals surface area contributed by atoms with Gasteiger partial charge in [0.05, 0.1) is 12.4 Å². The summed E-state index contributed by atoms with van der Waals surface area (Å²) in [6, 6.07) is 1.54. The van der Waals surface area contributed by atoms with E-state index in [1.54, 1.807) is 0 Å². The van der Waals surface area contributed by atoms with Gasteiger partial charge in [0, 0.05) is 12.1 Å². The second-order valence-corrected chi connectivity index (χ2v) is 1.70. The first-order chi connectivity index (χ1) is 5.33. The molecule has 0 bridgehead atoms. The minimum atomic E-state index is -0.502. The number of nitrogens with zero attached hydrogens (tertiary/aromatic N) is 2. The van der Waals surface area contributed by atoms with Gasteiger partial charge in [0.1, 0.15) is 0 Å². The van der Waals surface area contributed by atoms with Gasteiger partial charge in [0.25, 0.3) is 0 Å². The first-order valence-electron chi connectivity index (χ1n) is 2.94. The summed E-state index contributed by atoms with van der Waals surface area (Å²) < 4.78 is 4.70. The van der Waals surface area contributed by atoms with Crippen molar-refractivity contribution in [3.63, 3.8) is 0 Å². The number of rotatable bonds is 2. The summed E-state index contributed by atoms with van der Waals surface area (Å²) in [6.45, 7) is 3.25. The van der Waals surface area contributed by atoms with Crippen molar-refractivity contribution in [3.8, 4) is 5.75 Å². The van der Waals surface area contributed by atoms with Crippen molar-refractivity contribution in [3.05, 3.63) is 31.1 Å².